The summed E-state index contributed by atoms with van der Waals surface area (Å²) in [5, 5.41) is 3.47. The highest BCUT2D eigenvalue weighted by atomic mass is 32.1. The summed E-state index contributed by atoms with van der Waals surface area (Å²) in [5.41, 5.74) is 0. The molecule has 1 N–H and O–H groups in total. The highest BCUT2D eigenvalue weighted by molar-refractivity contribution is 7.11. The van der Waals surface area contributed by atoms with E-state index < -0.39 is 0 Å². The molecule has 0 amide bonds. The van der Waals surface area contributed by atoms with Gasteiger partial charge in [0.1, 0.15) is 0 Å². The van der Waals surface area contributed by atoms with E-state index in [1.165, 1.54) is 22.6 Å². The lowest BCUT2D eigenvalue weighted by Gasteiger charge is -2.30. The lowest BCUT2D eigenvalue weighted by atomic mass is 10.1. The Morgan fingerprint density at radius 1 is 1.32 bits per heavy atom. The summed E-state index contributed by atoms with van der Waals surface area (Å²) in [7, 11) is 2.24. The molecule has 0 saturated carbocycles. The number of rotatable bonds is 6. The molecular weight excluding hydrogens is 256 g/mol. The van der Waals surface area contributed by atoms with Gasteiger partial charge in [0.15, 0.2) is 0 Å². The summed E-state index contributed by atoms with van der Waals surface area (Å²) in [5.74, 6) is 0. The van der Waals surface area contributed by atoms with Gasteiger partial charge in [-0.2, -0.15) is 0 Å². The molecular formula is C15H26N2OS. The predicted molar refractivity (Wildman–Crippen MR) is 81.6 cm³/mol. The monoisotopic (exact) mass is 282 g/mol. The smallest absolute Gasteiger partial charge is 0.0480 e. The minimum atomic E-state index is 0.551. The molecule has 0 aliphatic carbocycles. The van der Waals surface area contributed by atoms with E-state index in [2.05, 4.69) is 43.2 Å². The standard InChI is InChI=1S/C15H26N2OS/c1-12(2)16-10-14-4-5-15(19-14)11-17(3)13-6-8-18-9-7-13/h4-5,12-13,16H,6-11H2,1-3H3. The van der Waals surface area contributed by atoms with E-state index in [4.69, 9.17) is 4.74 Å². The number of hydrogen-bond donors (Lipinski definition) is 1. The van der Waals surface area contributed by atoms with Crippen LogP contribution in [0.3, 0.4) is 0 Å². The fourth-order valence-corrected chi connectivity index (χ4v) is 3.44. The van der Waals surface area contributed by atoms with Crippen LogP contribution in [0.2, 0.25) is 0 Å². The second kappa shape index (κ2) is 7.39. The predicted octanol–water partition coefficient (Wildman–Crippen LogP) is 2.86. The van der Waals surface area contributed by atoms with Gasteiger partial charge in [-0.25, -0.2) is 0 Å². The van der Waals surface area contributed by atoms with Crippen molar-refractivity contribution < 1.29 is 4.74 Å². The first kappa shape index (κ1) is 15.0. The Kier molecular flexibility index (Phi) is 5.82. The number of ether oxygens (including phenoxy) is 1. The lowest BCUT2D eigenvalue weighted by Crippen LogP contribution is -2.35. The Hall–Kier alpha value is -0.420. The average molecular weight is 282 g/mol. The zero-order valence-electron chi connectivity index (χ0n) is 12.3. The van der Waals surface area contributed by atoms with Crippen LogP contribution in [-0.4, -0.2) is 37.2 Å². The summed E-state index contributed by atoms with van der Waals surface area (Å²) in [4.78, 5) is 5.38. The molecule has 1 aromatic heterocycles. The lowest BCUT2D eigenvalue weighted by molar-refractivity contribution is 0.0410. The van der Waals surface area contributed by atoms with Crippen molar-refractivity contribution in [1.29, 1.82) is 0 Å². The average Bonchev–Trinajstić information content (AvgIpc) is 2.85. The highest BCUT2D eigenvalue weighted by Gasteiger charge is 2.18. The first-order chi connectivity index (χ1) is 9.15. The van der Waals surface area contributed by atoms with Crippen LogP contribution in [0, 0.1) is 0 Å². The van der Waals surface area contributed by atoms with E-state index in [0.29, 0.717) is 12.1 Å². The molecule has 0 aromatic carbocycles. The van der Waals surface area contributed by atoms with Crippen LogP contribution >= 0.6 is 11.3 Å². The van der Waals surface area contributed by atoms with Gasteiger partial charge in [0.25, 0.3) is 0 Å². The Balaban J connectivity index is 1.81. The fraction of sp³-hybridized carbons (Fsp3) is 0.733. The van der Waals surface area contributed by atoms with Gasteiger partial charge in [0, 0.05) is 48.1 Å². The summed E-state index contributed by atoms with van der Waals surface area (Å²) in [6.45, 7) is 8.27. The van der Waals surface area contributed by atoms with Crippen molar-refractivity contribution in [2.75, 3.05) is 20.3 Å². The van der Waals surface area contributed by atoms with Crippen LogP contribution in [-0.2, 0) is 17.8 Å². The largest absolute Gasteiger partial charge is 0.381 e. The third kappa shape index (κ3) is 4.88. The molecule has 1 aliphatic rings. The Bertz CT molecular complexity index is 372. The minimum absolute atomic E-state index is 0.551. The summed E-state index contributed by atoms with van der Waals surface area (Å²) in [6, 6.07) is 5.77. The summed E-state index contributed by atoms with van der Waals surface area (Å²) in [6.07, 6.45) is 2.34. The number of nitrogens with zero attached hydrogens (tertiary/aromatic N) is 1. The number of hydrogen-bond acceptors (Lipinski definition) is 4. The zero-order chi connectivity index (χ0) is 13.7. The summed E-state index contributed by atoms with van der Waals surface area (Å²) >= 11 is 1.93. The van der Waals surface area contributed by atoms with Gasteiger partial charge in [-0.1, -0.05) is 13.8 Å². The van der Waals surface area contributed by atoms with Crippen LogP contribution in [0.15, 0.2) is 12.1 Å². The van der Waals surface area contributed by atoms with Crippen molar-refractivity contribution in [1.82, 2.24) is 10.2 Å². The van der Waals surface area contributed by atoms with Crippen LogP contribution in [0.4, 0.5) is 0 Å². The molecule has 4 heteroatoms. The molecule has 1 saturated heterocycles. The van der Waals surface area contributed by atoms with Crippen LogP contribution in [0.5, 0.6) is 0 Å². The van der Waals surface area contributed by atoms with Crippen LogP contribution in [0.1, 0.15) is 36.4 Å². The topological polar surface area (TPSA) is 24.5 Å². The molecule has 2 rings (SSSR count). The molecule has 108 valence electrons. The molecule has 1 fully saturated rings. The first-order valence-electron chi connectivity index (χ1n) is 7.24. The number of thiophene rings is 1. The maximum atomic E-state index is 5.43. The fourth-order valence-electron chi connectivity index (χ4n) is 2.41. The minimum Gasteiger partial charge on any atom is -0.381 e. The van der Waals surface area contributed by atoms with Gasteiger partial charge in [-0.3, -0.25) is 4.90 Å². The molecule has 0 radical (unpaired) electrons. The van der Waals surface area contributed by atoms with Gasteiger partial charge in [-0.05, 0) is 32.0 Å². The van der Waals surface area contributed by atoms with Gasteiger partial charge >= 0.3 is 0 Å². The van der Waals surface area contributed by atoms with E-state index in [1.807, 2.05) is 11.3 Å². The van der Waals surface area contributed by atoms with Crippen molar-refractivity contribution in [3.05, 3.63) is 21.9 Å². The molecule has 2 heterocycles. The highest BCUT2D eigenvalue weighted by Crippen LogP contribution is 2.21. The third-order valence-corrected chi connectivity index (χ3v) is 4.69. The van der Waals surface area contributed by atoms with Gasteiger partial charge in [-0.15, -0.1) is 11.3 Å². The van der Waals surface area contributed by atoms with Crippen molar-refractivity contribution >= 4 is 11.3 Å². The molecule has 3 nitrogen and oxygen atoms in total. The number of nitrogens with one attached hydrogen (secondary N) is 1. The van der Waals surface area contributed by atoms with Crippen molar-refractivity contribution in [3.63, 3.8) is 0 Å². The SMILES string of the molecule is CC(C)NCc1ccc(CN(C)C2CCOCC2)s1. The second-order valence-corrected chi connectivity index (χ2v) is 6.92. The molecule has 1 aliphatic heterocycles. The molecule has 0 bridgehead atoms. The Morgan fingerprint density at radius 2 is 2.00 bits per heavy atom. The van der Waals surface area contributed by atoms with E-state index in [-0.39, 0.29) is 0 Å². The van der Waals surface area contributed by atoms with E-state index in [9.17, 15) is 0 Å². The molecule has 19 heavy (non-hydrogen) atoms. The first-order valence-corrected chi connectivity index (χ1v) is 8.05. The summed E-state index contributed by atoms with van der Waals surface area (Å²) < 4.78 is 5.43. The van der Waals surface area contributed by atoms with Crippen LogP contribution in [0.25, 0.3) is 0 Å². The van der Waals surface area contributed by atoms with Crippen molar-refractivity contribution in [2.45, 2.75) is 51.9 Å². The van der Waals surface area contributed by atoms with Gasteiger partial charge < -0.3 is 10.1 Å². The maximum absolute atomic E-state index is 5.43. The molecule has 0 spiro atoms. The van der Waals surface area contributed by atoms with Crippen molar-refractivity contribution in [2.24, 2.45) is 0 Å². The molecule has 0 unspecified atom stereocenters. The van der Waals surface area contributed by atoms with E-state index in [1.54, 1.807) is 0 Å². The molecule has 0 atom stereocenters. The zero-order valence-corrected chi connectivity index (χ0v) is 13.1. The van der Waals surface area contributed by atoms with Gasteiger partial charge in [0.2, 0.25) is 0 Å². The van der Waals surface area contributed by atoms with E-state index >= 15 is 0 Å². The van der Waals surface area contributed by atoms with Gasteiger partial charge in [0.05, 0.1) is 0 Å². The molecule has 1 aromatic rings. The van der Waals surface area contributed by atoms with E-state index in [0.717, 1.165) is 26.3 Å². The third-order valence-electron chi connectivity index (χ3n) is 3.62. The quantitative estimate of drug-likeness (QED) is 0.868. The Morgan fingerprint density at radius 3 is 2.68 bits per heavy atom. The Labute approximate surface area is 121 Å². The van der Waals surface area contributed by atoms with Crippen LogP contribution < -0.4 is 5.32 Å². The van der Waals surface area contributed by atoms with Crippen molar-refractivity contribution in [3.8, 4) is 0 Å². The maximum Gasteiger partial charge on any atom is 0.0480 e. The normalized spacial score (nSPS) is 17.5. The second-order valence-electron chi connectivity index (χ2n) is 5.66.